The lowest BCUT2D eigenvalue weighted by Gasteiger charge is -2.44. The summed E-state index contributed by atoms with van der Waals surface area (Å²) in [6.07, 6.45) is 12.1. The summed E-state index contributed by atoms with van der Waals surface area (Å²) < 4.78 is 15.6. The number of aromatic amines is 1. The van der Waals surface area contributed by atoms with Gasteiger partial charge in [0.15, 0.2) is 11.6 Å². The number of H-pyrrole nitrogens is 1. The molecular weight excluding hydrogens is 367 g/mol. The van der Waals surface area contributed by atoms with Gasteiger partial charge in [0.2, 0.25) is 0 Å². The Hall–Kier alpha value is -3.22. The maximum Gasteiger partial charge on any atom is 0.184 e. The zero-order chi connectivity index (χ0) is 19.5. The van der Waals surface area contributed by atoms with Gasteiger partial charge < -0.3 is 10.3 Å². The van der Waals surface area contributed by atoms with E-state index in [0.29, 0.717) is 40.7 Å². The Balaban J connectivity index is 1.47. The van der Waals surface area contributed by atoms with E-state index in [2.05, 4.69) is 39.5 Å². The Morgan fingerprint density at radius 1 is 1.24 bits per heavy atom. The molecule has 0 amide bonds. The Kier molecular flexibility index (Phi) is 3.54. The highest BCUT2D eigenvalue weighted by Gasteiger charge is 2.38. The maximum absolute atomic E-state index is 13.8. The van der Waals surface area contributed by atoms with Crippen molar-refractivity contribution in [2.24, 2.45) is 17.8 Å². The van der Waals surface area contributed by atoms with Crippen LogP contribution in [0.5, 0.6) is 0 Å². The van der Waals surface area contributed by atoms with Gasteiger partial charge in [0.05, 0.1) is 6.20 Å². The zero-order valence-corrected chi connectivity index (χ0v) is 16.0. The fourth-order valence-electron chi connectivity index (χ4n) is 4.97. The topological polar surface area (TPSA) is 70.9 Å². The van der Waals surface area contributed by atoms with Crippen LogP contribution >= 0.6 is 0 Å². The Labute approximate surface area is 166 Å². The monoisotopic (exact) mass is 388 g/mol. The summed E-state index contributed by atoms with van der Waals surface area (Å²) in [6, 6.07) is 5.80. The van der Waals surface area contributed by atoms with Gasteiger partial charge in [0, 0.05) is 29.4 Å². The molecule has 3 aliphatic rings. The first-order valence-corrected chi connectivity index (χ1v) is 10.1. The van der Waals surface area contributed by atoms with Crippen LogP contribution in [0.3, 0.4) is 0 Å². The Bertz CT molecular complexity index is 1250. The fraction of sp³-hybridized carbons (Fsp3) is 0.318. The normalized spacial score (nSPS) is 25.9. The first kappa shape index (κ1) is 16.7. The fourth-order valence-corrected chi connectivity index (χ4v) is 4.97. The van der Waals surface area contributed by atoms with Gasteiger partial charge in [-0.2, -0.15) is 0 Å². The van der Waals surface area contributed by atoms with Crippen molar-refractivity contribution >= 4 is 22.4 Å². The number of hydrogen-bond acceptors (Lipinski definition) is 4. The SMILES string of the molecule is C[C@@H]1[C@@H](Nc2nc(-c3c[nH]c4ncc(F)cc34)nn3cccc23)[C@H]2C=C[C@@H]1CC2. The number of fused-ring (bicyclic) bond motifs is 4. The van der Waals surface area contributed by atoms with Gasteiger partial charge in [0.25, 0.3) is 0 Å². The Morgan fingerprint density at radius 3 is 2.93 bits per heavy atom. The molecule has 4 heterocycles. The van der Waals surface area contributed by atoms with Crippen LogP contribution in [0.1, 0.15) is 19.8 Å². The van der Waals surface area contributed by atoms with E-state index in [1.165, 1.54) is 25.1 Å². The van der Waals surface area contributed by atoms with Gasteiger partial charge in [-0.3, -0.25) is 0 Å². The van der Waals surface area contributed by atoms with Crippen LogP contribution in [-0.2, 0) is 0 Å². The third-order valence-corrected chi connectivity index (χ3v) is 6.57. The van der Waals surface area contributed by atoms with Crippen LogP contribution in [0.15, 0.2) is 48.9 Å². The lowest BCUT2D eigenvalue weighted by molar-refractivity contribution is 0.212. The van der Waals surface area contributed by atoms with E-state index in [9.17, 15) is 4.39 Å². The van der Waals surface area contributed by atoms with E-state index in [1.807, 2.05) is 22.8 Å². The highest BCUT2D eigenvalue weighted by Crippen LogP contribution is 2.42. The smallest absolute Gasteiger partial charge is 0.184 e. The summed E-state index contributed by atoms with van der Waals surface area (Å²) >= 11 is 0. The molecule has 3 aliphatic carbocycles. The van der Waals surface area contributed by atoms with Crippen LogP contribution in [0, 0.1) is 23.6 Å². The van der Waals surface area contributed by atoms with Gasteiger partial charge in [-0.1, -0.05) is 19.1 Å². The van der Waals surface area contributed by atoms with Crippen molar-refractivity contribution in [2.45, 2.75) is 25.8 Å². The number of anilines is 1. The number of hydrogen-bond donors (Lipinski definition) is 2. The van der Waals surface area contributed by atoms with Crippen molar-refractivity contribution < 1.29 is 4.39 Å². The second-order valence-electron chi connectivity index (χ2n) is 8.19. The second-order valence-corrected chi connectivity index (χ2v) is 8.19. The first-order valence-electron chi connectivity index (χ1n) is 10.1. The molecule has 2 bridgehead atoms. The molecule has 0 unspecified atom stereocenters. The number of aromatic nitrogens is 5. The number of pyridine rings is 1. The molecule has 1 saturated carbocycles. The van der Waals surface area contributed by atoms with Crippen molar-refractivity contribution in [3.8, 4) is 11.4 Å². The minimum Gasteiger partial charge on any atom is -0.365 e. The molecule has 7 heteroatoms. The maximum atomic E-state index is 13.8. The molecule has 146 valence electrons. The van der Waals surface area contributed by atoms with Crippen molar-refractivity contribution in [3.05, 3.63) is 54.8 Å². The van der Waals surface area contributed by atoms with Gasteiger partial charge in [-0.25, -0.2) is 18.9 Å². The number of nitrogens with one attached hydrogen (secondary N) is 2. The molecule has 29 heavy (non-hydrogen) atoms. The standard InChI is InChI=1S/C22H21FN6/c1-12-13-4-6-14(7-5-13)19(12)26-22-18-3-2-8-29(18)28-21(27-22)17-11-25-20-16(17)9-15(23)10-24-20/h2-4,6,8-14,19H,5,7H2,1H3,(H,24,25)(H,26,27,28)/t12-,13+,14-,19+/m0/s1. The van der Waals surface area contributed by atoms with E-state index in [4.69, 9.17) is 4.98 Å². The van der Waals surface area contributed by atoms with Crippen LogP contribution in [0.25, 0.3) is 27.9 Å². The number of nitrogens with zero attached hydrogens (tertiary/aromatic N) is 4. The van der Waals surface area contributed by atoms with Gasteiger partial charge >= 0.3 is 0 Å². The second kappa shape index (κ2) is 6.14. The van der Waals surface area contributed by atoms with Gasteiger partial charge in [-0.05, 0) is 48.8 Å². The minimum absolute atomic E-state index is 0.349. The predicted octanol–water partition coefficient (Wildman–Crippen LogP) is 4.42. The molecule has 0 saturated heterocycles. The average molecular weight is 388 g/mol. The van der Waals surface area contributed by atoms with E-state index in [1.54, 1.807) is 6.20 Å². The lowest BCUT2D eigenvalue weighted by Crippen LogP contribution is -2.44. The number of halogens is 1. The van der Waals surface area contributed by atoms with Crippen molar-refractivity contribution in [3.63, 3.8) is 0 Å². The van der Waals surface area contributed by atoms with Crippen LogP contribution in [-0.4, -0.2) is 30.6 Å². The van der Waals surface area contributed by atoms with Crippen LogP contribution in [0.4, 0.5) is 10.2 Å². The lowest BCUT2D eigenvalue weighted by atomic mass is 9.66. The average Bonchev–Trinajstić information content (AvgIpc) is 3.37. The van der Waals surface area contributed by atoms with Crippen molar-refractivity contribution in [2.75, 3.05) is 5.32 Å². The van der Waals surface area contributed by atoms with Crippen LogP contribution in [0.2, 0.25) is 0 Å². The van der Waals surface area contributed by atoms with E-state index >= 15 is 0 Å². The molecule has 6 nitrogen and oxygen atoms in total. The first-order chi connectivity index (χ1) is 14.2. The predicted molar refractivity (Wildman–Crippen MR) is 110 cm³/mol. The minimum atomic E-state index is -0.377. The molecule has 0 spiro atoms. The third kappa shape index (κ3) is 2.57. The summed E-state index contributed by atoms with van der Waals surface area (Å²) in [5.74, 6) is 2.69. The van der Waals surface area contributed by atoms with Crippen molar-refractivity contribution in [1.82, 2.24) is 24.6 Å². The number of rotatable bonds is 3. The molecule has 0 aromatic carbocycles. The van der Waals surface area contributed by atoms with E-state index in [-0.39, 0.29) is 5.82 Å². The van der Waals surface area contributed by atoms with Crippen molar-refractivity contribution in [1.29, 1.82) is 0 Å². The summed E-state index contributed by atoms with van der Waals surface area (Å²) in [5, 5.41) is 9.07. The summed E-state index contributed by atoms with van der Waals surface area (Å²) in [7, 11) is 0. The third-order valence-electron chi connectivity index (χ3n) is 6.57. The molecule has 1 fully saturated rings. The van der Waals surface area contributed by atoms with Crippen LogP contribution < -0.4 is 5.32 Å². The van der Waals surface area contributed by atoms with Gasteiger partial charge in [-0.15, -0.1) is 5.10 Å². The van der Waals surface area contributed by atoms with E-state index < -0.39 is 0 Å². The quantitative estimate of drug-likeness (QED) is 0.510. The highest BCUT2D eigenvalue weighted by atomic mass is 19.1. The highest BCUT2D eigenvalue weighted by molar-refractivity contribution is 5.92. The zero-order valence-electron chi connectivity index (χ0n) is 16.0. The number of allylic oxidation sites excluding steroid dienone is 1. The molecule has 7 rings (SSSR count). The summed E-state index contributed by atoms with van der Waals surface area (Å²) in [5.41, 5.74) is 2.30. The molecule has 4 aromatic heterocycles. The summed E-state index contributed by atoms with van der Waals surface area (Å²) in [4.78, 5) is 12.1. The molecule has 0 radical (unpaired) electrons. The molecule has 0 aliphatic heterocycles. The largest absolute Gasteiger partial charge is 0.365 e. The summed E-state index contributed by atoms with van der Waals surface area (Å²) in [6.45, 7) is 2.32. The molecule has 4 atom stereocenters. The van der Waals surface area contributed by atoms with Gasteiger partial charge in [0.1, 0.15) is 17.0 Å². The molecular formula is C22H21FN6. The van der Waals surface area contributed by atoms with E-state index in [0.717, 1.165) is 16.9 Å². The molecule has 4 aromatic rings. The molecule has 2 N–H and O–H groups in total. The Morgan fingerprint density at radius 2 is 2.10 bits per heavy atom.